The van der Waals surface area contributed by atoms with Crippen LogP contribution in [-0.2, 0) is 9.53 Å². The standard InChI is InChI=1S/C9H15NO2/c11-9(7-3-1-5-10-7)8-4-2-6-12-8/h7-8,10H,1-6H2. The summed E-state index contributed by atoms with van der Waals surface area (Å²) < 4.78 is 5.34. The molecule has 2 unspecified atom stereocenters. The monoisotopic (exact) mass is 169 g/mol. The molecule has 2 aliphatic rings. The fourth-order valence-corrected chi connectivity index (χ4v) is 1.95. The molecular formula is C9H15NO2. The molecule has 0 aromatic heterocycles. The Kier molecular flexibility index (Phi) is 2.42. The largest absolute Gasteiger partial charge is 0.370 e. The van der Waals surface area contributed by atoms with Gasteiger partial charge in [0.15, 0.2) is 5.78 Å². The van der Waals surface area contributed by atoms with Crippen LogP contribution in [0.3, 0.4) is 0 Å². The van der Waals surface area contributed by atoms with Crippen molar-refractivity contribution in [3.63, 3.8) is 0 Å². The van der Waals surface area contributed by atoms with Gasteiger partial charge in [0.2, 0.25) is 0 Å². The van der Waals surface area contributed by atoms with E-state index < -0.39 is 0 Å². The number of carbonyl (C=O) groups is 1. The molecule has 0 bridgehead atoms. The molecule has 1 N–H and O–H groups in total. The number of hydrogen-bond donors (Lipinski definition) is 1. The number of ether oxygens (including phenoxy) is 1. The van der Waals surface area contributed by atoms with Crippen molar-refractivity contribution < 1.29 is 9.53 Å². The lowest BCUT2D eigenvalue weighted by atomic mass is 10.0. The van der Waals surface area contributed by atoms with Gasteiger partial charge in [-0.15, -0.1) is 0 Å². The molecule has 2 saturated heterocycles. The molecule has 2 rings (SSSR count). The number of Topliss-reactive ketones (excluding diaryl/α,β-unsaturated/α-hetero) is 1. The SMILES string of the molecule is O=C(C1CCCN1)C1CCCO1. The number of nitrogens with one attached hydrogen (secondary N) is 1. The summed E-state index contributed by atoms with van der Waals surface area (Å²) in [6.07, 6.45) is 4.00. The van der Waals surface area contributed by atoms with Crippen LogP contribution >= 0.6 is 0 Å². The molecule has 0 saturated carbocycles. The van der Waals surface area contributed by atoms with Crippen molar-refractivity contribution >= 4 is 5.78 Å². The lowest BCUT2D eigenvalue weighted by Gasteiger charge is -2.13. The molecule has 0 aromatic carbocycles. The smallest absolute Gasteiger partial charge is 0.178 e. The van der Waals surface area contributed by atoms with Gasteiger partial charge in [0.1, 0.15) is 6.10 Å². The maximum Gasteiger partial charge on any atom is 0.178 e. The van der Waals surface area contributed by atoms with Crippen LogP contribution in [0.4, 0.5) is 0 Å². The van der Waals surface area contributed by atoms with E-state index in [9.17, 15) is 4.79 Å². The highest BCUT2D eigenvalue weighted by molar-refractivity contribution is 5.88. The molecule has 2 atom stereocenters. The van der Waals surface area contributed by atoms with Crippen LogP contribution in [0, 0.1) is 0 Å². The minimum Gasteiger partial charge on any atom is -0.370 e. The fourth-order valence-electron chi connectivity index (χ4n) is 1.95. The van der Waals surface area contributed by atoms with Gasteiger partial charge >= 0.3 is 0 Å². The summed E-state index contributed by atoms with van der Waals surface area (Å²) in [4.78, 5) is 11.7. The van der Waals surface area contributed by atoms with E-state index in [0.717, 1.165) is 38.8 Å². The van der Waals surface area contributed by atoms with Gasteiger partial charge in [-0.3, -0.25) is 4.79 Å². The minimum atomic E-state index is -0.0967. The highest BCUT2D eigenvalue weighted by Crippen LogP contribution is 2.17. The number of ketones is 1. The number of carbonyl (C=O) groups excluding carboxylic acids is 1. The summed E-state index contributed by atoms with van der Waals surface area (Å²) in [6, 6.07) is 0.0908. The van der Waals surface area contributed by atoms with Crippen LogP contribution in [0.2, 0.25) is 0 Å². The first-order valence-electron chi connectivity index (χ1n) is 4.76. The highest BCUT2D eigenvalue weighted by atomic mass is 16.5. The maximum absolute atomic E-state index is 11.7. The third kappa shape index (κ3) is 1.52. The van der Waals surface area contributed by atoms with Crippen molar-refractivity contribution in [3.8, 4) is 0 Å². The van der Waals surface area contributed by atoms with Crippen molar-refractivity contribution in [3.05, 3.63) is 0 Å². The minimum absolute atomic E-state index is 0.0908. The average Bonchev–Trinajstić information content (AvgIpc) is 2.77. The molecule has 3 heteroatoms. The van der Waals surface area contributed by atoms with E-state index >= 15 is 0 Å². The molecule has 0 aromatic rings. The van der Waals surface area contributed by atoms with Crippen molar-refractivity contribution in [1.29, 1.82) is 0 Å². The van der Waals surface area contributed by atoms with Gasteiger partial charge < -0.3 is 10.1 Å². The van der Waals surface area contributed by atoms with Crippen LogP contribution in [0.5, 0.6) is 0 Å². The predicted molar refractivity (Wildman–Crippen MR) is 45.0 cm³/mol. The molecule has 2 aliphatic heterocycles. The van der Waals surface area contributed by atoms with E-state index in [1.54, 1.807) is 0 Å². The molecule has 0 amide bonds. The zero-order valence-electron chi connectivity index (χ0n) is 7.21. The van der Waals surface area contributed by atoms with E-state index in [0.29, 0.717) is 0 Å². The summed E-state index contributed by atoms with van der Waals surface area (Å²) in [5.41, 5.74) is 0. The molecule has 0 spiro atoms. The van der Waals surface area contributed by atoms with Crippen molar-refractivity contribution in [2.24, 2.45) is 0 Å². The first kappa shape index (κ1) is 8.20. The van der Waals surface area contributed by atoms with Crippen LogP contribution in [0.25, 0.3) is 0 Å². The van der Waals surface area contributed by atoms with Gasteiger partial charge in [0.25, 0.3) is 0 Å². The quantitative estimate of drug-likeness (QED) is 0.653. The normalized spacial score (nSPS) is 35.7. The number of hydrogen-bond acceptors (Lipinski definition) is 3. The Labute approximate surface area is 72.5 Å². The molecule has 2 heterocycles. The topological polar surface area (TPSA) is 38.3 Å². The second-order valence-corrected chi connectivity index (χ2v) is 3.55. The van der Waals surface area contributed by atoms with E-state index in [2.05, 4.69) is 5.32 Å². The van der Waals surface area contributed by atoms with E-state index in [-0.39, 0.29) is 17.9 Å². The first-order valence-corrected chi connectivity index (χ1v) is 4.76. The average molecular weight is 169 g/mol. The van der Waals surface area contributed by atoms with Gasteiger partial charge in [-0.25, -0.2) is 0 Å². The maximum atomic E-state index is 11.7. The van der Waals surface area contributed by atoms with Gasteiger partial charge in [-0.2, -0.15) is 0 Å². The summed E-state index contributed by atoms with van der Waals surface area (Å²) in [5.74, 6) is 0.282. The molecule has 2 fully saturated rings. The first-order chi connectivity index (χ1) is 5.88. The van der Waals surface area contributed by atoms with E-state index in [1.807, 2.05) is 0 Å². The Morgan fingerprint density at radius 2 is 2.25 bits per heavy atom. The lowest BCUT2D eigenvalue weighted by molar-refractivity contribution is -0.129. The Balaban J connectivity index is 1.89. The van der Waals surface area contributed by atoms with Crippen LogP contribution in [0.15, 0.2) is 0 Å². The third-order valence-corrected chi connectivity index (χ3v) is 2.65. The molecule has 0 aliphatic carbocycles. The predicted octanol–water partition coefficient (Wildman–Crippen LogP) is 0.486. The zero-order chi connectivity index (χ0) is 8.39. The van der Waals surface area contributed by atoms with Crippen LogP contribution in [0.1, 0.15) is 25.7 Å². The van der Waals surface area contributed by atoms with Crippen LogP contribution < -0.4 is 5.32 Å². The second kappa shape index (κ2) is 3.54. The highest BCUT2D eigenvalue weighted by Gasteiger charge is 2.31. The Hall–Kier alpha value is -0.410. The molecule has 0 radical (unpaired) electrons. The van der Waals surface area contributed by atoms with Gasteiger partial charge in [0, 0.05) is 6.61 Å². The van der Waals surface area contributed by atoms with Gasteiger partial charge in [0.05, 0.1) is 6.04 Å². The molecule has 12 heavy (non-hydrogen) atoms. The fraction of sp³-hybridized carbons (Fsp3) is 0.889. The van der Waals surface area contributed by atoms with Gasteiger partial charge in [-0.1, -0.05) is 0 Å². The Bertz CT molecular complexity index is 151. The summed E-state index contributed by atoms with van der Waals surface area (Å²) >= 11 is 0. The zero-order valence-corrected chi connectivity index (χ0v) is 7.21. The third-order valence-electron chi connectivity index (χ3n) is 2.65. The summed E-state index contributed by atoms with van der Waals surface area (Å²) in [7, 11) is 0. The molecular weight excluding hydrogens is 154 g/mol. The van der Waals surface area contributed by atoms with E-state index in [4.69, 9.17) is 4.74 Å². The van der Waals surface area contributed by atoms with Crippen LogP contribution in [-0.4, -0.2) is 31.1 Å². The number of rotatable bonds is 2. The second-order valence-electron chi connectivity index (χ2n) is 3.55. The lowest BCUT2D eigenvalue weighted by Crippen LogP contribution is -2.38. The Morgan fingerprint density at radius 3 is 2.83 bits per heavy atom. The van der Waals surface area contributed by atoms with Crippen molar-refractivity contribution in [2.45, 2.75) is 37.8 Å². The van der Waals surface area contributed by atoms with Gasteiger partial charge in [-0.05, 0) is 32.2 Å². The molecule has 68 valence electrons. The molecule has 3 nitrogen and oxygen atoms in total. The summed E-state index contributed by atoms with van der Waals surface area (Å²) in [6.45, 7) is 1.76. The van der Waals surface area contributed by atoms with E-state index in [1.165, 1.54) is 0 Å². The van der Waals surface area contributed by atoms with Crippen molar-refractivity contribution in [2.75, 3.05) is 13.2 Å². The Morgan fingerprint density at radius 1 is 1.33 bits per heavy atom. The summed E-state index contributed by atoms with van der Waals surface area (Å²) in [5, 5.41) is 3.20. The van der Waals surface area contributed by atoms with Crippen molar-refractivity contribution in [1.82, 2.24) is 5.32 Å².